The molecule has 0 aliphatic heterocycles. The van der Waals surface area contributed by atoms with Crippen molar-refractivity contribution in [3.05, 3.63) is 80.2 Å². The summed E-state index contributed by atoms with van der Waals surface area (Å²) in [5.74, 6) is -0.352. The Hall–Kier alpha value is -2.59. The van der Waals surface area contributed by atoms with E-state index in [1.165, 1.54) is 17.2 Å². The van der Waals surface area contributed by atoms with Crippen LogP contribution in [0.2, 0.25) is 5.02 Å². The van der Waals surface area contributed by atoms with Crippen LogP contribution in [0.4, 0.5) is 0 Å². The summed E-state index contributed by atoms with van der Waals surface area (Å²) < 4.78 is 10.7. The van der Waals surface area contributed by atoms with Gasteiger partial charge in [-0.1, -0.05) is 23.7 Å². The number of benzene rings is 2. The fraction of sp³-hybridized carbons (Fsp3) is 0.238. The highest BCUT2D eigenvalue weighted by atomic mass is 35.5. The van der Waals surface area contributed by atoms with Crippen LogP contribution >= 0.6 is 11.6 Å². The molecule has 0 bridgehead atoms. The fourth-order valence-corrected chi connectivity index (χ4v) is 3.52. The first-order valence-electron chi connectivity index (χ1n) is 8.57. The molecule has 5 heteroatoms. The highest BCUT2D eigenvalue weighted by molar-refractivity contribution is 6.30. The summed E-state index contributed by atoms with van der Waals surface area (Å²) in [6.07, 6.45) is 3.31. The number of ether oxygens (including phenoxy) is 1. The SMILES string of the molecule is O=C(Cc1ccc(Cl)cc1)OCc1cc(=O)oc2cc3c(cc12)CCC3. The lowest BCUT2D eigenvalue weighted by Gasteiger charge is -2.09. The van der Waals surface area contributed by atoms with Crippen molar-refractivity contribution >= 4 is 28.5 Å². The lowest BCUT2D eigenvalue weighted by atomic mass is 10.0. The predicted octanol–water partition coefficient (Wildman–Crippen LogP) is 4.22. The van der Waals surface area contributed by atoms with Crippen LogP contribution in [-0.2, 0) is 35.4 Å². The molecule has 0 saturated carbocycles. The molecule has 0 saturated heterocycles. The first-order chi connectivity index (χ1) is 12.6. The average molecular weight is 369 g/mol. The van der Waals surface area contributed by atoms with Crippen molar-refractivity contribution in [2.45, 2.75) is 32.3 Å². The summed E-state index contributed by atoms with van der Waals surface area (Å²) in [6.45, 7) is 0.0489. The zero-order valence-electron chi connectivity index (χ0n) is 14.1. The maximum atomic E-state index is 12.1. The lowest BCUT2D eigenvalue weighted by molar-refractivity contribution is -0.144. The number of esters is 1. The summed E-state index contributed by atoms with van der Waals surface area (Å²) in [5, 5.41) is 1.46. The number of aryl methyl sites for hydroxylation is 2. The van der Waals surface area contributed by atoms with Crippen molar-refractivity contribution < 1.29 is 13.9 Å². The van der Waals surface area contributed by atoms with Crippen LogP contribution in [0.15, 0.2) is 51.7 Å². The molecule has 2 aromatic carbocycles. The summed E-state index contributed by atoms with van der Waals surface area (Å²) in [7, 11) is 0. The van der Waals surface area contributed by atoms with Gasteiger partial charge in [0.15, 0.2) is 0 Å². The van der Waals surface area contributed by atoms with Gasteiger partial charge in [-0.15, -0.1) is 0 Å². The third-order valence-electron chi connectivity index (χ3n) is 4.69. The Morgan fingerprint density at radius 2 is 1.81 bits per heavy atom. The van der Waals surface area contributed by atoms with E-state index in [4.69, 9.17) is 20.8 Å². The van der Waals surface area contributed by atoms with Crippen LogP contribution in [0, 0.1) is 0 Å². The van der Waals surface area contributed by atoms with E-state index in [2.05, 4.69) is 6.07 Å². The van der Waals surface area contributed by atoms with Gasteiger partial charge < -0.3 is 9.15 Å². The standard InChI is InChI=1S/C21H17ClO4/c22-17-6-4-13(5-7-17)8-20(23)25-12-16-11-21(24)26-19-10-15-3-1-2-14(15)9-18(16)19/h4-7,9-11H,1-3,8,12H2. The predicted molar refractivity (Wildman–Crippen MR) is 99.5 cm³/mol. The smallest absolute Gasteiger partial charge is 0.336 e. The molecule has 0 N–H and O–H groups in total. The molecule has 132 valence electrons. The number of hydrogen-bond acceptors (Lipinski definition) is 4. The van der Waals surface area contributed by atoms with E-state index in [-0.39, 0.29) is 19.0 Å². The zero-order chi connectivity index (χ0) is 18.1. The molecule has 0 spiro atoms. The number of carbonyl (C=O) groups is 1. The van der Waals surface area contributed by atoms with Crippen molar-refractivity contribution in [1.82, 2.24) is 0 Å². The summed E-state index contributed by atoms with van der Waals surface area (Å²) in [4.78, 5) is 24.0. The van der Waals surface area contributed by atoms with Crippen LogP contribution in [0.3, 0.4) is 0 Å². The second-order valence-electron chi connectivity index (χ2n) is 6.53. The quantitative estimate of drug-likeness (QED) is 0.511. The van der Waals surface area contributed by atoms with Crippen molar-refractivity contribution in [2.24, 2.45) is 0 Å². The van der Waals surface area contributed by atoms with Gasteiger partial charge in [0.25, 0.3) is 0 Å². The molecule has 0 amide bonds. The molecule has 4 rings (SSSR count). The first-order valence-corrected chi connectivity index (χ1v) is 8.95. The molecule has 1 aromatic heterocycles. The number of rotatable bonds is 4. The molecule has 1 aliphatic rings. The van der Waals surface area contributed by atoms with Crippen LogP contribution in [-0.4, -0.2) is 5.97 Å². The largest absolute Gasteiger partial charge is 0.461 e. The lowest BCUT2D eigenvalue weighted by Crippen LogP contribution is -2.10. The fourth-order valence-electron chi connectivity index (χ4n) is 3.39. The molecule has 0 atom stereocenters. The topological polar surface area (TPSA) is 56.5 Å². The Kier molecular flexibility index (Phi) is 4.51. The Balaban J connectivity index is 1.54. The van der Waals surface area contributed by atoms with Crippen LogP contribution in [0.5, 0.6) is 0 Å². The van der Waals surface area contributed by atoms with Gasteiger partial charge >= 0.3 is 11.6 Å². The molecular formula is C21H17ClO4. The first kappa shape index (κ1) is 16.9. The van der Waals surface area contributed by atoms with Gasteiger partial charge in [0, 0.05) is 22.0 Å². The van der Waals surface area contributed by atoms with Crippen molar-refractivity contribution in [3.8, 4) is 0 Å². The molecule has 0 unspecified atom stereocenters. The monoisotopic (exact) mass is 368 g/mol. The normalized spacial score (nSPS) is 13.0. The Morgan fingerprint density at radius 1 is 1.08 bits per heavy atom. The van der Waals surface area contributed by atoms with Gasteiger partial charge in [-0.3, -0.25) is 4.79 Å². The summed E-state index contributed by atoms with van der Waals surface area (Å²) >= 11 is 5.85. The maximum Gasteiger partial charge on any atom is 0.336 e. The van der Waals surface area contributed by atoms with Gasteiger partial charge in [-0.2, -0.15) is 0 Å². The molecule has 0 radical (unpaired) electrons. The van der Waals surface area contributed by atoms with E-state index < -0.39 is 5.63 Å². The van der Waals surface area contributed by atoms with Gasteiger partial charge in [-0.25, -0.2) is 4.79 Å². The van der Waals surface area contributed by atoms with Crippen LogP contribution in [0.25, 0.3) is 11.0 Å². The Labute approximate surface area is 155 Å². The summed E-state index contributed by atoms with van der Waals surface area (Å²) in [6, 6.07) is 12.5. The second-order valence-corrected chi connectivity index (χ2v) is 6.96. The van der Waals surface area contributed by atoms with Crippen molar-refractivity contribution in [3.63, 3.8) is 0 Å². The molecule has 1 aliphatic carbocycles. The van der Waals surface area contributed by atoms with E-state index in [0.29, 0.717) is 16.2 Å². The van der Waals surface area contributed by atoms with Crippen LogP contribution in [0.1, 0.15) is 28.7 Å². The minimum Gasteiger partial charge on any atom is -0.461 e. The van der Waals surface area contributed by atoms with E-state index in [1.54, 1.807) is 24.3 Å². The van der Waals surface area contributed by atoms with Crippen LogP contribution < -0.4 is 5.63 Å². The number of carbonyl (C=O) groups excluding carboxylic acids is 1. The molecule has 4 nitrogen and oxygen atoms in total. The van der Waals surface area contributed by atoms with E-state index >= 15 is 0 Å². The van der Waals surface area contributed by atoms with Gasteiger partial charge in [0.1, 0.15) is 12.2 Å². The molecule has 26 heavy (non-hydrogen) atoms. The van der Waals surface area contributed by atoms with Gasteiger partial charge in [0.05, 0.1) is 6.42 Å². The Morgan fingerprint density at radius 3 is 2.58 bits per heavy atom. The van der Waals surface area contributed by atoms with Crippen molar-refractivity contribution in [1.29, 1.82) is 0 Å². The third-order valence-corrected chi connectivity index (χ3v) is 4.94. The van der Waals surface area contributed by atoms with Gasteiger partial charge in [-0.05, 0) is 60.2 Å². The minimum absolute atomic E-state index is 0.0489. The van der Waals surface area contributed by atoms with E-state index in [9.17, 15) is 9.59 Å². The minimum atomic E-state index is -0.431. The highest BCUT2D eigenvalue weighted by Gasteiger charge is 2.16. The van der Waals surface area contributed by atoms with E-state index in [1.807, 2.05) is 6.07 Å². The molecule has 1 heterocycles. The molecule has 0 fully saturated rings. The highest BCUT2D eigenvalue weighted by Crippen LogP contribution is 2.28. The Bertz CT molecular complexity index is 1030. The van der Waals surface area contributed by atoms with Crippen molar-refractivity contribution in [2.75, 3.05) is 0 Å². The molecular weight excluding hydrogens is 352 g/mol. The number of hydrogen-bond donors (Lipinski definition) is 0. The average Bonchev–Trinajstić information content (AvgIpc) is 3.07. The molecule has 3 aromatic rings. The summed E-state index contributed by atoms with van der Waals surface area (Å²) in [5.41, 5.74) is 4.14. The third kappa shape index (κ3) is 3.51. The maximum absolute atomic E-state index is 12.1. The van der Waals surface area contributed by atoms with Gasteiger partial charge in [0.2, 0.25) is 0 Å². The number of fused-ring (bicyclic) bond motifs is 2. The number of halogens is 1. The zero-order valence-corrected chi connectivity index (χ0v) is 14.8. The second kappa shape index (κ2) is 6.96. The van der Waals surface area contributed by atoms with E-state index in [0.717, 1.165) is 30.2 Å².